The molecule has 2 fully saturated rings. The van der Waals surface area contributed by atoms with Gasteiger partial charge in [-0.2, -0.15) is 0 Å². The fraction of sp³-hybridized carbons (Fsp3) is 0.800. The Hall–Kier alpha value is -1.10. The minimum atomic E-state index is -0.797. The van der Waals surface area contributed by atoms with E-state index in [1.165, 1.54) is 6.92 Å². The molecule has 1 atom stereocenters. The number of carboxylic acid groups (broad SMARTS) is 1. The molecular weight excluding hydrogens is 198 g/mol. The third-order valence-corrected chi connectivity index (χ3v) is 3.59. The van der Waals surface area contributed by atoms with Gasteiger partial charge in [-0.15, -0.1) is 0 Å². The van der Waals surface area contributed by atoms with Crippen molar-refractivity contribution >= 4 is 11.9 Å². The van der Waals surface area contributed by atoms with E-state index in [4.69, 9.17) is 9.84 Å². The van der Waals surface area contributed by atoms with Crippen molar-refractivity contribution in [3.05, 3.63) is 0 Å². The molecule has 0 saturated carbocycles. The van der Waals surface area contributed by atoms with Gasteiger partial charge in [0.25, 0.3) is 0 Å². The molecule has 1 N–H and O–H groups in total. The summed E-state index contributed by atoms with van der Waals surface area (Å²) in [5, 5.41) is 9.07. The zero-order chi connectivity index (χ0) is 11.1. The summed E-state index contributed by atoms with van der Waals surface area (Å²) in [5.74, 6) is -1.24. The summed E-state index contributed by atoms with van der Waals surface area (Å²) in [6.45, 7) is 2.95. The van der Waals surface area contributed by atoms with Crippen LogP contribution in [-0.4, -0.2) is 47.2 Å². The van der Waals surface area contributed by atoms with Crippen molar-refractivity contribution in [2.75, 3.05) is 19.8 Å². The summed E-state index contributed by atoms with van der Waals surface area (Å²) in [4.78, 5) is 24.1. The highest BCUT2D eigenvalue weighted by molar-refractivity contribution is 5.81. The van der Waals surface area contributed by atoms with Crippen LogP contribution in [0.1, 0.15) is 19.8 Å². The summed E-state index contributed by atoms with van der Waals surface area (Å²) in [6, 6.07) is 0. The van der Waals surface area contributed by atoms with Crippen molar-refractivity contribution in [2.24, 2.45) is 5.92 Å². The van der Waals surface area contributed by atoms with Gasteiger partial charge in [0.1, 0.15) is 0 Å². The standard InChI is InChI=1S/C10H15NO4/c1-7(12)11-6-8(9(13)14)10(11)2-4-15-5-3-10/h8H,2-6H2,1H3,(H,13,14). The molecule has 0 radical (unpaired) electrons. The van der Waals surface area contributed by atoms with Crippen LogP contribution in [0.25, 0.3) is 0 Å². The molecule has 0 aliphatic carbocycles. The maximum atomic E-state index is 11.4. The van der Waals surface area contributed by atoms with Crippen molar-refractivity contribution in [3.8, 4) is 0 Å². The van der Waals surface area contributed by atoms with E-state index in [0.29, 0.717) is 32.6 Å². The summed E-state index contributed by atoms with van der Waals surface area (Å²) in [7, 11) is 0. The third kappa shape index (κ3) is 1.42. The molecule has 1 unspecified atom stereocenters. The van der Waals surface area contributed by atoms with Crippen LogP contribution >= 0.6 is 0 Å². The molecule has 0 bridgehead atoms. The monoisotopic (exact) mass is 213 g/mol. The Balaban J connectivity index is 2.20. The molecule has 1 amide bonds. The average Bonchev–Trinajstić information content (AvgIpc) is 2.16. The zero-order valence-electron chi connectivity index (χ0n) is 8.73. The zero-order valence-corrected chi connectivity index (χ0v) is 8.73. The van der Waals surface area contributed by atoms with Crippen LogP contribution in [0.15, 0.2) is 0 Å². The number of carbonyl (C=O) groups is 2. The van der Waals surface area contributed by atoms with E-state index in [-0.39, 0.29) is 5.91 Å². The van der Waals surface area contributed by atoms with Gasteiger partial charge in [-0.25, -0.2) is 0 Å². The van der Waals surface area contributed by atoms with Gasteiger partial charge >= 0.3 is 5.97 Å². The summed E-state index contributed by atoms with van der Waals surface area (Å²) in [6.07, 6.45) is 1.28. The molecule has 2 aliphatic rings. The molecule has 0 aromatic rings. The van der Waals surface area contributed by atoms with Crippen molar-refractivity contribution < 1.29 is 19.4 Å². The summed E-state index contributed by atoms with van der Waals surface area (Å²) < 4.78 is 5.23. The van der Waals surface area contributed by atoms with Crippen LogP contribution in [-0.2, 0) is 14.3 Å². The van der Waals surface area contributed by atoms with Gasteiger partial charge in [-0.1, -0.05) is 0 Å². The lowest BCUT2D eigenvalue weighted by Gasteiger charge is -2.58. The molecule has 5 heteroatoms. The number of aliphatic carboxylic acids is 1. The average molecular weight is 213 g/mol. The molecule has 15 heavy (non-hydrogen) atoms. The number of amides is 1. The lowest BCUT2D eigenvalue weighted by Crippen LogP contribution is -2.72. The van der Waals surface area contributed by atoms with Gasteiger partial charge in [-0.3, -0.25) is 9.59 Å². The SMILES string of the molecule is CC(=O)N1CC(C(=O)O)C12CCOCC2. The number of ether oxygens (including phenoxy) is 1. The van der Waals surface area contributed by atoms with Crippen LogP contribution in [0.5, 0.6) is 0 Å². The van der Waals surface area contributed by atoms with Crippen LogP contribution in [0.4, 0.5) is 0 Å². The maximum Gasteiger partial charge on any atom is 0.310 e. The van der Waals surface area contributed by atoms with E-state index in [1.807, 2.05) is 0 Å². The molecule has 5 nitrogen and oxygen atoms in total. The topological polar surface area (TPSA) is 66.8 Å². The molecule has 2 heterocycles. The third-order valence-electron chi connectivity index (χ3n) is 3.59. The first-order valence-corrected chi connectivity index (χ1v) is 5.17. The van der Waals surface area contributed by atoms with Crippen molar-refractivity contribution in [1.29, 1.82) is 0 Å². The van der Waals surface area contributed by atoms with Crippen LogP contribution in [0.2, 0.25) is 0 Å². The largest absolute Gasteiger partial charge is 0.481 e. The smallest absolute Gasteiger partial charge is 0.310 e. The fourth-order valence-electron chi connectivity index (χ4n) is 2.70. The van der Waals surface area contributed by atoms with Crippen molar-refractivity contribution in [3.63, 3.8) is 0 Å². The Bertz CT molecular complexity index is 274. The van der Waals surface area contributed by atoms with Crippen molar-refractivity contribution in [2.45, 2.75) is 25.3 Å². The molecule has 0 aromatic carbocycles. The summed E-state index contributed by atoms with van der Waals surface area (Å²) >= 11 is 0. The normalized spacial score (nSPS) is 28.6. The molecule has 1 spiro atoms. The minimum absolute atomic E-state index is 0.0330. The van der Waals surface area contributed by atoms with Gasteiger partial charge in [-0.05, 0) is 12.8 Å². The summed E-state index contributed by atoms with van der Waals surface area (Å²) in [5.41, 5.74) is -0.462. The highest BCUT2D eigenvalue weighted by Gasteiger charge is 2.58. The van der Waals surface area contributed by atoms with Crippen LogP contribution in [0.3, 0.4) is 0 Å². The quantitative estimate of drug-likeness (QED) is 0.670. The lowest BCUT2D eigenvalue weighted by atomic mass is 9.69. The molecular formula is C10H15NO4. The number of carboxylic acids is 1. The Kier molecular flexibility index (Phi) is 2.42. The van der Waals surface area contributed by atoms with Crippen LogP contribution < -0.4 is 0 Å². The molecule has 2 rings (SSSR count). The molecule has 0 aromatic heterocycles. The van der Waals surface area contributed by atoms with E-state index >= 15 is 0 Å². The molecule has 2 aliphatic heterocycles. The Morgan fingerprint density at radius 3 is 2.47 bits per heavy atom. The maximum absolute atomic E-state index is 11.4. The van der Waals surface area contributed by atoms with E-state index in [1.54, 1.807) is 4.90 Å². The Morgan fingerprint density at radius 2 is 2.00 bits per heavy atom. The van der Waals surface area contributed by atoms with E-state index in [9.17, 15) is 9.59 Å². The Morgan fingerprint density at radius 1 is 1.40 bits per heavy atom. The second-order valence-electron chi connectivity index (χ2n) is 4.24. The Labute approximate surface area is 88.0 Å². The first-order valence-electron chi connectivity index (χ1n) is 5.17. The molecule has 2 saturated heterocycles. The number of carbonyl (C=O) groups excluding carboxylic acids is 1. The fourth-order valence-corrected chi connectivity index (χ4v) is 2.70. The van der Waals surface area contributed by atoms with E-state index in [0.717, 1.165) is 0 Å². The minimum Gasteiger partial charge on any atom is -0.481 e. The molecule has 84 valence electrons. The highest BCUT2D eigenvalue weighted by Crippen LogP contribution is 2.44. The van der Waals surface area contributed by atoms with Gasteiger partial charge < -0.3 is 14.7 Å². The van der Waals surface area contributed by atoms with Crippen LogP contribution in [0, 0.1) is 5.92 Å². The van der Waals surface area contributed by atoms with E-state index < -0.39 is 17.4 Å². The lowest BCUT2D eigenvalue weighted by molar-refractivity contribution is -0.184. The number of hydrogen-bond donors (Lipinski definition) is 1. The second-order valence-corrected chi connectivity index (χ2v) is 4.24. The van der Waals surface area contributed by atoms with Gasteiger partial charge in [0, 0.05) is 26.7 Å². The number of hydrogen-bond acceptors (Lipinski definition) is 3. The highest BCUT2D eigenvalue weighted by atomic mass is 16.5. The first kappa shape index (κ1) is 10.4. The second kappa shape index (κ2) is 3.48. The predicted octanol–water partition coefficient (Wildman–Crippen LogP) is 0.0985. The first-order chi connectivity index (χ1) is 7.08. The van der Waals surface area contributed by atoms with Gasteiger partial charge in [0.15, 0.2) is 0 Å². The predicted molar refractivity (Wildman–Crippen MR) is 51.3 cm³/mol. The van der Waals surface area contributed by atoms with E-state index in [2.05, 4.69) is 0 Å². The number of nitrogens with zero attached hydrogens (tertiary/aromatic N) is 1. The van der Waals surface area contributed by atoms with Gasteiger partial charge in [0.2, 0.25) is 5.91 Å². The van der Waals surface area contributed by atoms with Crippen molar-refractivity contribution in [1.82, 2.24) is 4.90 Å². The number of rotatable bonds is 1. The number of likely N-dealkylation sites (tertiary alicyclic amines) is 1. The van der Waals surface area contributed by atoms with Gasteiger partial charge in [0.05, 0.1) is 11.5 Å².